The molecule has 1 N–H and O–H groups in total. The lowest BCUT2D eigenvalue weighted by molar-refractivity contribution is 0.00536. The number of halogens is 3. The van der Waals surface area contributed by atoms with Crippen molar-refractivity contribution < 1.29 is 9.84 Å². The highest BCUT2D eigenvalue weighted by Crippen LogP contribution is 2.35. The largest absolute Gasteiger partial charge is 0.393 e. The third kappa shape index (κ3) is 2.83. The lowest BCUT2D eigenvalue weighted by Gasteiger charge is -2.13. The molecule has 0 aliphatic carbocycles. The molecule has 0 aliphatic rings. The summed E-state index contributed by atoms with van der Waals surface area (Å²) in [6, 6.07) is 3.54. The smallest absolute Gasteiger partial charge is 0.125 e. The van der Waals surface area contributed by atoms with Crippen LogP contribution in [0, 0.1) is 6.92 Å². The molecule has 2 rings (SSSR count). The molecule has 0 bridgehead atoms. The molecule has 0 saturated heterocycles. The second-order valence-electron chi connectivity index (χ2n) is 4.38. The standard InChI is InChI=1S/C14H14Cl3NO2/c1-3-9(6-19)20-7-18-13-5-12(16)11(15)4-10(13)8(2)14(18)17/h3-5,9,19H,1,6-7H2,2H3/t9-/m0/s1. The predicted molar refractivity (Wildman–Crippen MR) is 83.9 cm³/mol. The minimum Gasteiger partial charge on any atom is -0.393 e. The highest BCUT2D eigenvalue weighted by atomic mass is 35.5. The number of rotatable bonds is 5. The summed E-state index contributed by atoms with van der Waals surface area (Å²) in [7, 11) is 0. The summed E-state index contributed by atoms with van der Waals surface area (Å²) in [4.78, 5) is 0. The molecule has 0 aliphatic heterocycles. The average molecular weight is 335 g/mol. The van der Waals surface area contributed by atoms with E-state index in [4.69, 9.17) is 44.6 Å². The maximum atomic E-state index is 9.10. The van der Waals surface area contributed by atoms with Crippen LogP contribution in [0.15, 0.2) is 24.8 Å². The van der Waals surface area contributed by atoms with Crippen molar-refractivity contribution in [2.75, 3.05) is 6.61 Å². The SMILES string of the molecule is C=C[C@@H](CO)OCn1c(Cl)c(C)c2cc(Cl)c(Cl)cc21. The molecule has 108 valence electrons. The van der Waals surface area contributed by atoms with Crippen molar-refractivity contribution in [3.63, 3.8) is 0 Å². The second kappa shape index (κ2) is 6.37. The molecule has 20 heavy (non-hydrogen) atoms. The summed E-state index contributed by atoms with van der Waals surface area (Å²) in [5.74, 6) is 0. The fourth-order valence-corrected chi connectivity index (χ4v) is 2.53. The van der Waals surface area contributed by atoms with Crippen molar-refractivity contribution in [3.8, 4) is 0 Å². The second-order valence-corrected chi connectivity index (χ2v) is 5.55. The maximum absolute atomic E-state index is 9.10. The Bertz CT molecular complexity index is 652. The number of nitrogens with zero attached hydrogens (tertiary/aromatic N) is 1. The third-order valence-corrected chi connectivity index (χ3v) is 4.35. The van der Waals surface area contributed by atoms with Crippen LogP contribution in [0.25, 0.3) is 10.9 Å². The first-order chi connectivity index (χ1) is 9.49. The van der Waals surface area contributed by atoms with Gasteiger partial charge in [0.15, 0.2) is 0 Å². The van der Waals surface area contributed by atoms with E-state index in [0.29, 0.717) is 15.2 Å². The maximum Gasteiger partial charge on any atom is 0.125 e. The molecule has 3 nitrogen and oxygen atoms in total. The van der Waals surface area contributed by atoms with Crippen molar-refractivity contribution in [2.45, 2.75) is 19.8 Å². The van der Waals surface area contributed by atoms with Crippen LogP contribution in [-0.2, 0) is 11.5 Å². The quantitative estimate of drug-likeness (QED) is 0.821. The van der Waals surface area contributed by atoms with E-state index in [9.17, 15) is 0 Å². The number of aliphatic hydroxyl groups excluding tert-OH is 1. The van der Waals surface area contributed by atoms with Crippen LogP contribution in [0.3, 0.4) is 0 Å². The Morgan fingerprint density at radius 1 is 1.35 bits per heavy atom. The minimum atomic E-state index is -0.438. The highest BCUT2D eigenvalue weighted by molar-refractivity contribution is 6.43. The fraction of sp³-hybridized carbons (Fsp3) is 0.286. The first kappa shape index (κ1) is 15.7. The summed E-state index contributed by atoms with van der Waals surface area (Å²) in [5.41, 5.74) is 1.74. The number of aliphatic hydroxyl groups is 1. The zero-order valence-electron chi connectivity index (χ0n) is 10.9. The van der Waals surface area contributed by atoms with Crippen LogP contribution in [0.1, 0.15) is 5.56 Å². The van der Waals surface area contributed by atoms with Gasteiger partial charge in [-0.2, -0.15) is 0 Å². The molecule has 6 heteroatoms. The van der Waals surface area contributed by atoms with Gasteiger partial charge in [0.1, 0.15) is 18.0 Å². The number of aryl methyl sites for hydroxylation is 1. The van der Waals surface area contributed by atoms with Gasteiger partial charge in [-0.25, -0.2) is 0 Å². The Labute approximate surface area is 132 Å². The van der Waals surface area contributed by atoms with E-state index < -0.39 is 6.10 Å². The molecule has 1 aromatic heterocycles. The van der Waals surface area contributed by atoms with Gasteiger partial charge in [0.05, 0.1) is 22.2 Å². The van der Waals surface area contributed by atoms with Gasteiger partial charge >= 0.3 is 0 Å². The lowest BCUT2D eigenvalue weighted by atomic mass is 10.2. The summed E-state index contributed by atoms with van der Waals surface area (Å²) in [5, 5.41) is 11.5. The van der Waals surface area contributed by atoms with Gasteiger partial charge < -0.3 is 14.4 Å². The van der Waals surface area contributed by atoms with Crippen LogP contribution in [0.4, 0.5) is 0 Å². The van der Waals surface area contributed by atoms with Gasteiger partial charge in [0, 0.05) is 5.39 Å². The molecule has 0 fully saturated rings. The van der Waals surface area contributed by atoms with Crippen molar-refractivity contribution in [1.29, 1.82) is 0 Å². The molecular formula is C14H14Cl3NO2. The molecule has 1 aromatic carbocycles. The number of benzene rings is 1. The number of hydrogen-bond donors (Lipinski definition) is 1. The first-order valence-electron chi connectivity index (χ1n) is 5.98. The minimum absolute atomic E-state index is 0.133. The summed E-state index contributed by atoms with van der Waals surface area (Å²) in [6.07, 6.45) is 1.10. The molecule has 0 unspecified atom stereocenters. The zero-order valence-corrected chi connectivity index (χ0v) is 13.1. The van der Waals surface area contributed by atoms with E-state index in [0.717, 1.165) is 16.5 Å². The van der Waals surface area contributed by atoms with E-state index in [2.05, 4.69) is 6.58 Å². The summed E-state index contributed by atoms with van der Waals surface area (Å²) >= 11 is 18.4. The summed E-state index contributed by atoms with van der Waals surface area (Å²) < 4.78 is 7.31. The van der Waals surface area contributed by atoms with Gasteiger partial charge in [0.2, 0.25) is 0 Å². The van der Waals surface area contributed by atoms with Crippen molar-refractivity contribution in [2.24, 2.45) is 0 Å². The Morgan fingerprint density at radius 2 is 2.00 bits per heavy atom. The normalized spacial score (nSPS) is 12.8. The van der Waals surface area contributed by atoms with Gasteiger partial charge in [-0.1, -0.05) is 40.9 Å². The first-order valence-corrected chi connectivity index (χ1v) is 7.11. The number of aromatic nitrogens is 1. The predicted octanol–water partition coefficient (Wildman–Crippen LogP) is 4.43. The van der Waals surface area contributed by atoms with Crippen molar-refractivity contribution in [3.05, 3.63) is 45.5 Å². The van der Waals surface area contributed by atoms with Gasteiger partial charge in [0.25, 0.3) is 0 Å². The lowest BCUT2D eigenvalue weighted by Crippen LogP contribution is -2.16. The molecule has 1 atom stereocenters. The third-order valence-electron chi connectivity index (χ3n) is 3.14. The summed E-state index contributed by atoms with van der Waals surface area (Å²) in [6.45, 7) is 5.56. The highest BCUT2D eigenvalue weighted by Gasteiger charge is 2.15. The molecule has 0 spiro atoms. The zero-order chi connectivity index (χ0) is 14.9. The Balaban J connectivity index is 2.45. The van der Waals surface area contributed by atoms with Crippen LogP contribution < -0.4 is 0 Å². The van der Waals surface area contributed by atoms with Crippen LogP contribution in [0.2, 0.25) is 15.2 Å². The molecule has 1 heterocycles. The van der Waals surface area contributed by atoms with E-state index in [1.807, 2.05) is 6.92 Å². The molecule has 0 amide bonds. The van der Waals surface area contributed by atoms with Crippen molar-refractivity contribution in [1.82, 2.24) is 4.57 Å². The van der Waals surface area contributed by atoms with E-state index >= 15 is 0 Å². The van der Waals surface area contributed by atoms with Crippen LogP contribution >= 0.6 is 34.8 Å². The van der Waals surface area contributed by atoms with E-state index in [1.54, 1.807) is 16.7 Å². The number of fused-ring (bicyclic) bond motifs is 1. The van der Waals surface area contributed by atoms with E-state index in [-0.39, 0.29) is 13.3 Å². The average Bonchev–Trinajstić information content (AvgIpc) is 2.65. The molecular weight excluding hydrogens is 321 g/mol. The number of hydrogen-bond acceptors (Lipinski definition) is 2. The topological polar surface area (TPSA) is 34.4 Å². The van der Waals surface area contributed by atoms with Crippen LogP contribution in [-0.4, -0.2) is 22.4 Å². The number of ether oxygens (including phenoxy) is 1. The molecule has 0 saturated carbocycles. The molecule has 2 aromatic rings. The van der Waals surface area contributed by atoms with Gasteiger partial charge in [-0.05, 0) is 24.6 Å². The van der Waals surface area contributed by atoms with Gasteiger partial charge in [-0.15, -0.1) is 6.58 Å². The van der Waals surface area contributed by atoms with Crippen molar-refractivity contribution >= 4 is 45.7 Å². The van der Waals surface area contributed by atoms with Gasteiger partial charge in [-0.3, -0.25) is 0 Å². The monoisotopic (exact) mass is 333 g/mol. The Morgan fingerprint density at radius 3 is 2.60 bits per heavy atom. The van der Waals surface area contributed by atoms with E-state index in [1.165, 1.54) is 6.08 Å². The molecule has 0 radical (unpaired) electrons. The Hall–Kier alpha value is -0.710. The Kier molecular flexibility index (Phi) is 4.99. The fourth-order valence-electron chi connectivity index (χ4n) is 1.97. The van der Waals surface area contributed by atoms with Crippen LogP contribution in [0.5, 0.6) is 0 Å².